The van der Waals surface area contributed by atoms with Crippen molar-refractivity contribution in [2.45, 2.75) is 178 Å². The maximum absolute atomic E-state index is 15.1. The van der Waals surface area contributed by atoms with Crippen molar-refractivity contribution in [2.75, 3.05) is 32.8 Å². The molecule has 2 aliphatic rings. The van der Waals surface area contributed by atoms with Crippen LogP contribution in [0.25, 0.3) is 21.7 Å². The summed E-state index contributed by atoms with van der Waals surface area (Å²) in [5.41, 5.74) is 20.0. The number of carbonyl (C=O) groups is 14. The summed E-state index contributed by atoms with van der Waals surface area (Å²) in [5, 5.41) is 70.8. The molecule has 2 fully saturated rings. The molecule has 0 saturated carbocycles. The number of aliphatic carboxylic acids is 2. The molecule has 4 heterocycles. The fourth-order valence-corrected chi connectivity index (χ4v) is 13.9. The maximum atomic E-state index is 15.1. The van der Waals surface area contributed by atoms with Gasteiger partial charge in [-0.15, -0.1) is 0 Å². The Bertz CT molecular complexity index is 4750. The molecule has 1 unspecified atom stereocenters. The number of likely N-dealkylation sites (tertiary alicyclic amines) is 1. The highest BCUT2D eigenvalue weighted by Crippen LogP contribution is 2.24. The molecule has 2 saturated heterocycles. The van der Waals surface area contributed by atoms with Gasteiger partial charge in [0.25, 0.3) is 0 Å². The average Bonchev–Trinajstić information content (AvgIpc) is 1.42. The van der Waals surface area contributed by atoms with Crippen molar-refractivity contribution < 1.29 is 87.5 Å². The SMILES string of the molecule is CC(C)C[C@H](NC(=O)C(Cc1ccccc1)NCC(=O)O)C(=O)O.CC(C)C[C@H](NC(=O)[C@@H](Cc1ccc2ccccc2c1)NC(=O)[C@H](Cc1ccc(O)cc1)NC(=O)[C@H](CO)NC(=O)[C@H](Cc1c[nH]c2ccccc12)NC(=O)[C@H](Cc1cnc[nH]1)NC(=O)[C@@H]1CCC(=O)N1)C(=O)N[C@@H](CCCN=C(N)N)C(=O)N1CCC[C@H]1C(=O)NCC(N)=O. The predicted molar refractivity (Wildman–Crippen MR) is 440 cm³/mol. The van der Waals surface area contributed by atoms with Gasteiger partial charge >= 0.3 is 11.9 Å². The van der Waals surface area contributed by atoms with E-state index in [1.54, 1.807) is 50.4 Å². The molecule has 9 rings (SSSR count). The first kappa shape index (κ1) is 92.2. The number of nitrogens with zero attached hydrogens (tertiary/aromatic N) is 3. The lowest BCUT2D eigenvalue weighted by Crippen LogP contribution is -2.61. The molecule has 12 amide bonds. The average molecular weight is 1660 g/mol. The van der Waals surface area contributed by atoms with Crippen LogP contribution in [-0.2, 0) is 99.2 Å². The van der Waals surface area contributed by atoms with Crippen molar-refractivity contribution in [3.63, 3.8) is 0 Å². The molecule has 0 spiro atoms. The molecule has 0 aliphatic carbocycles. The van der Waals surface area contributed by atoms with E-state index < -0.39 is 157 Å². The Kier molecular flexibility index (Phi) is 34.9. The molecule has 120 heavy (non-hydrogen) atoms. The molecule has 0 bridgehead atoms. The Labute approximate surface area is 691 Å². The van der Waals surface area contributed by atoms with Crippen molar-refractivity contribution in [3.05, 3.63) is 168 Å². The number of aliphatic hydroxyl groups excluding tert-OH is 1. The molecule has 5 aromatic carbocycles. The first-order valence-corrected chi connectivity index (χ1v) is 39.6. The van der Waals surface area contributed by atoms with Crippen molar-refractivity contribution >= 4 is 110 Å². The van der Waals surface area contributed by atoms with Crippen LogP contribution in [0.1, 0.15) is 107 Å². The van der Waals surface area contributed by atoms with Gasteiger partial charge in [0.15, 0.2) is 5.96 Å². The number of phenols is 1. The van der Waals surface area contributed by atoms with Gasteiger partial charge in [0.2, 0.25) is 70.9 Å². The van der Waals surface area contributed by atoms with E-state index in [-0.39, 0.29) is 120 Å². The van der Waals surface area contributed by atoms with Gasteiger partial charge in [0.05, 0.1) is 32.1 Å². The number of aliphatic hydroxyl groups is 1. The van der Waals surface area contributed by atoms with Gasteiger partial charge in [-0.2, -0.15) is 0 Å². The monoisotopic (exact) mass is 1660 g/mol. The number of hydrogen-bond donors (Lipinski definition) is 20. The summed E-state index contributed by atoms with van der Waals surface area (Å²) in [5.74, 6) is -11.6. The number of aromatic amines is 2. The van der Waals surface area contributed by atoms with Crippen LogP contribution < -0.4 is 75.7 Å². The Morgan fingerprint density at radius 3 is 1.71 bits per heavy atom. The van der Waals surface area contributed by atoms with Gasteiger partial charge in [-0.25, -0.2) is 9.78 Å². The van der Waals surface area contributed by atoms with E-state index >= 15 is 9.59 Å². The fourth-order valence-electron chi connectivity index (χ4n) is 13.9. The highest BCUT2D eigenvalue weighted by atomic mass is 16.4. The molecule has 2 aromatic heterocycles. The highest BCUT2D eigenvalue weighted by molar-refractivity contribution is 6.00. The van der Waals surface area contributed by atoms with Crippen LogP contribution in [-0.4, -0.2) is 228 Å². The third-order valence-electron chi connectivity index (χ3n) is 20.0. The van der Waals surface area contributed by atoms with Crippen LogP contribution in [0.3, 0.4) is 0 Å². The number of amides is 12. The molecule has 23 N–H and O–H groups in total. The third-order valence-corrected chi connectivity index (χ3v) is 20.0. The Morgan fingerprint density at radius 1 is 0.558 bits per heavy atom. The number of para-hydroxylation sites is 1. The van der Waals surface area contributed by atoms with Gasteiger partial charge in [0, 0.05) is 74.2 Å². The number of aliphatic imine (C=N–C) groups is 1. The van der Waals surface area contributed by atoms with Crippen molar-refractivity contribution in [1.29, 1.82) is 0 Å². The number of rotatable bonds is 43. The molecule has 642 valence electrons. The number of nitrogens with two attached hydrogens (primary N) is 3. The second kappa shape index (κ2) is 45.4. The van der Waals surface area contributed by atoms with E-state index in [0.717, 1.165) is 16.3 Å². The first-order valence-electron chi connectivity index (χ1n) is 39.6. The highest BCUT2D eigenvalue weighted by Gasteiger charge is 2.41. The van der Waals surface area contributed by atoms with Crippen LogP contribution in [0.15, 0.2) is 145 Å². The second-order valence-electron chi connectivity index (χ2n) is 30.4. The standard InChI is InChI=1S/C66H83N17O13.C17H24N2O5/c1-36(2)25-48(58(89)76-47(13-7-23-71-66(68)69)65(96)83-24-8-14-54(83)64(95)73-33-55(67)86)77-60(91)50(28-38-15-18-39-9-3-4-10-40(39)26-38)78-59(90)49(27-37-16-19-43(85)20-17-37)79-63(94)53(34-84)82-61(92)51(29-41-31-72-45-12-6-5-11-44(41)45)80-62(93)52(30-42-32-70-35-74-42)81-57(88)46-21-22-56(87)75-46;1-11(2)8-14(17(23)24)19-16(22)13(18-10-15(20)21)9-12-6-4-3-5-7-12/h3-6,9-12,15-20,26,31-32,35-36,46-54,72,84-85H,7-8,13-14,21-25,27-30,33-34H2,1-2H3,(H2,67,86)(H,70,74)(H,73,95)(H,75,87)(H,76,89)(H,77,91)(H,78,90)(H,79,94)(H,80,93)(H,81,88)(H,82,92)(H4,68,69,71);3-7,11,13-14,18H,8-10H2,1-2H3,(H,19,22)(H,20,21)(H,23,24)/t46-,47-,48-,49-,50+,51-,52-,53-,54-;13?,14-/m00/s1. The van der Waals surface area contributed by atoms with Crippen molar-refractivity contribution in [2.24, 2.45) is 34.0 Å². The minimum Gasteiger partial charge on any atom is -0.508 e. The molecule has 2 aliphatic heterocycles. The Morgan fingerprint density at radius 2 is 1.10 bits per heavy atom. The smallest absolute Gasteiger partial charge is 0.326 e. The number of imidazole rings is 1. The molecule has 7 aromatic rings. The first-order chi connectivity index (χ1) is 57.3. The molecule has 11 atom stereocenters. The quantitative estimate of drug-likeness (QED) is 0.0127. The van der Waals surface area contributed by atoms with E-state index in [0.29, 0.717) is 46.1 Å². The van der Waals surface area contributed by atoms with E-state index in [2.05, 4.69) is 78.4 Å². The van der Waals surface area contributed by atoms with Gasteiger partial charge in [0.1, 0.15) is 66.2 Å². The molecule has 37 heteroatoms. The zero-order chi connectivity index (χ0) is 87.1. The molecular weight excluding hydrogens is 1550 g/mol. The van der Waals surface area contributed by atoms with Crippen LogP contribution in [0, 0.1) is 11.8 Å². The summed E-state index contributed by atoms with van der Waals surface area (Å²) >= 11 is 0. The minimum atomic E-state index is -1.80. The number of carboxylic acid groups (broad SMARTS) is 2. The predicted octanol–water partition coefficient (Wildman–Crippen LogP) is -0.736. The number of carbonyl (C=O) groups excluding carboxylic acids is 12. The van der Waals surface area contributed by atoms with E-state index in [9.17, 15) is 72.9 Å². The molecule has 0 radical (unpaired) electrons. The van der Waals surface area contributed by atoms with Crippen LogP contribution in [0.2, 0.25) is 0 Å². The number of aromatic nitrogens is 3. The van der Waals surface area contributed by atoms with Gasteiger partial charge in [-0.3, -0.25) is 72.6 Å². The number of nitrogens with one attached hydrogen (secondary N) is 13. The number of H-pyrrole nitrogens is 2. The van der Waals surface area contributed by atoms with E-state index in [1.807, 2.05) is 80.6 Å². The van der Waals surface area contributed by atoms with Gasteiger partial charge in [-0.05, 0) is 114 Å². The largest absolute Gasteiger partial charge is 0.508 e. The van der Waals surface area contributed by atoms with Crippen LogP contribution >= 0.6 is 0 Å². The van der Waals surface area contributed by atoms with E-state index in [4.69, 9.17) is 22.3 Å². The summed E-state index contributed by atoms with van der Waals surface area (Å²) in [6, 6.07) is 20.8. The van der Waals surface area contributed by atoms with Crippen molar-refractivity contribution in [3.8, 4) is 5.75 Å². The Balaban J connectivity index is 0.000000641. The van der Waals surface area contributed by atoms with Crippen LogP contribution in [0.4, 0.5) is 0 Å². The number of aromatic hydroxyl groups is 1. The lowest BCUT2D eigenvalue weighted by atomic mass is 9.98. The second-order valence-corrected chi connectivity index (χ2v) is 30.4. The minimum absolute atomic E-state index is 0.00766. The van der Waals surface area contributed by atoms with Gasteiger partial charge in [-0.1, -0.05) is 131 Å². The number of guanidine groups is 1. The normalized spacial score (nSPS) is 15.9. The fraction of sp³-hybridized carbons (Fsp3) is 0.422. The van der Waals surface area contributed by atoms with E-state index in [1.165, 1.54) is 41.7 Å². The number of fused-ring (bicyclic) bond motifs is 2. The number of benzene rings is 5. The number of carboxylic acids is 2. The Hall–Kier alpha value is -13.3. The van der Waals surface area contributed by atoms with Crippen molar-refractivity contribution in [1.82, 2.24) is 78.3 Å². The summed E-state index contributed by atoms with van der Waals surface area (Å²) in [6.45, 7) is 5.69. The zero-order valence-electron chi connectivity index (χ0n) is 67.1. The third kappa shape index (κ3) is 28.8. The number of phenolic OH excluding ortho intramolecular Hbond substituents is 1. The lowest BCUT2D eigenvalue weighted by molar-refractivity contribution is -0.143. The number of hydrogen-bond acceptors (Lipinski definition) is 19. The summed E-state index contributed by atoms with van der Waals surface area (Å²) in [7, 11) is 0. The lowest BCUT2D eigenvalue weighted by Gasteiger charge is -2.30. The van der Waals surface area contributed by atoms with Crippen LogP contribution in [0.5, 0.6) is 5.75 Å². The summed E-state index contributed by atoms with van der Waals surface area (Å²) < 4.78 is 0. The zero-order valence-corrected chi connectivity index (χ0v) is 67.1. The maximum Gasteiger partial charge on any atom is 0.326 e. The number of primary amides is 1. The summed E-state index contributed by atoms with van der Waals surface area (Å²) in [6.07, 6.45) is 5.46. The molecule has 37 nitrogen and oxygen atoms in total. The molecular formula is C83H107N19O18. The topological polar surface area (TPSA) is 590 Å². The van der Waals surface area contributed by atoms with Gasteiger partial charge < -0.3 is 106 Å². The summed E-state index contributed by atoms with van der Waals surface area (Å²) in [4.78, 5) is 203.